The minimum Gasteiger partial charge on any atom is -0.0985 e. The van der Waals surface area contributed by atoms with Crippen molar-refractivity contribution >= 4 is 24.9 Å². The SMILES string of the molecule is C=Cc1ccccc1.[Li].[Mn]. The van der Waals surface area contributed by atoms with Gasteiger partial charge in [-0.05, 0) is 5.56 Å². The summed E-state index contributed by atoms with van der Waals surface area (Å²) in [6.45, 7) is 3.63. The third kappa shape index (κ3) is 3.98. The molecule has 0 saturated heterocycles. The Kier molecular flexibility index (Phi) is 9.15. The van der Waals surface area contributed by atoms with Gasteiger partial charge in [-0.25, -0.2) is 0 Å². The summed E-state index contributed by atoms with van der Waals surface area (Å²) in [7, 11) is 0. The van der Waals surface area contributed by atoms with Crippen molar-refractivity contribution in [3.63, 3.8) is 0 Å². The molecule has 0 aromatic heterocycles. The molecule has 0 aliphatic rings. The standard InChI is InChI=1S/C8H8.Li.Mn/c1-2-8-6-4-3-5-7-8;;/h2-7H,1H2;;. The fourth-order valence-corrected chi connectivity index (χ4v) is 0.589. The molecule has 0 aliphatic carbocycles. The first-order valence-corrected chi connectivity index (χ1v) is 2.61. The third-order valence-corrected chi connectivity index (χ3v) is 1.04. The van der Waals surface area contributed by atoms with Crippen LogP contribution >= 0.6 is 0 Å². The van der Waals surface area contributed by atoms with Crippen molar-refractivity contribution in [3.8, 4) is 0 Å². The molecule has 1 aromatic carbocycles. The van der Waals surface area contributed by atoms with Crippen LogP contribution in [0.4, 0.5) is 0 Å². The fourth-order valence-electron chi connectivity index (χ4n) is 0.589. The van der Waals surface area contributed by atoms with Crippen LogP contribution in [0.15, 0.2) is 36.9 Å². The molecule has 0 N–H and O–H groups in total. The van der Waals surface area contributed by atoms with E-state index in [2.05, 4.69) is 6.58 Å². The van der Waals surface area contributed by atoms with Gasteiger partial charge in [0, 0.05) is 35.9 Å². The Morgan fingerprint density at radius 2 is 1.60 bits per heavy atom. The predicted molar refractivity (Wildman–Crippen MR) is 42.3 cm³/mol. The Labute approximate surface area is 84.4 Å². The molecule has 10 heavy (non-hydrogen) atoms. The second-order valence-corrected chi connectivity index (χ2v) is 1.61. The first-order chi connectivity index (χ1) is 3.93. The van der Waals surface area contributed by atoms with Gasteiger partial charge >= 0.3 is 0 Å². The third-order valence-electron chi connectivity index (χ3n) is 1.04. The van der Waals surface area contributed by atoms with Gasteiger partial charge in [-0.15, -0.1) is 0 Å². The van der Waals surface area contributed by atoms with E-state index in [1.165, 1.54) is 5.56 Å². The van der Waals surface area contributed by atoms with Crippen molar-refractivity contribution in [1.29, 1.82) is 0 Å². The average Bonchev–Trinajstić information content (AvgIpc) is 1.90. The summed E-state index contributed by atoms with van der Waals surface area (Å²) in [6, 6.07) is 10.0. The fraction of sp³-hybridized carbons (Fsp3) is 0. The Morgan fingerprint density at radius 1 is 1.10 bits per heavy atom. The summed E-state index contributed by atoms with van der Waals surface area (Å²) in [6.07, 6.45) is 1.83. The van der Waals surface area contributed by atoms with E-state index in [1.807, 2.05) is 36.4 Å². The first-order valence-electron chi connectivity index (χ1n) is 2.61. The zero-order valence-corrected chi connectivity index (χ0v) is 7.23. The molecule has 0 nitrogen and oxygen atoms in total. The molecule has 48 valence electrons. The second kappa shape index (κ2) is 7.19. The van der Waals surface area contributed by atoms with Crippen LogP contribution in [-0.4, -0.2) is 18.9 Å². The van der Waals surface area contributed by atoms with E-state index in [0.29, 0.717) is 0 Å². The Bertz CT molecular complexity index is 172. The Morgan fingerprint density at radius 3 is 1.90 bits per heavy atom. The molecular formula is C8H8LiMn. The molecule has 0 heterocycles. The van der Waals surface area contributed by atoms with E-state index in [4.69, 9.17) is 0 Å². The van der Waals surface area contributed by atoms with Crippen LogP contribution in [0.1, 0.15) is 5.56 Å². The van der Waals surface area contributed by atoms with Crippen LogP contribution in [0.25, 0.3) is 6.08 Å². The van der Waals surface area contributed by atoms with Crippen molar-refractivity contribution < 1.29 is 17.1 Å². The van der Waals surface area contributed by atoms with E-state index < -0.39 is 0 Å². The second-order valence-electron chi connectivity index (χ2n) is 1.61. The van der Waals surface area contributed by atoms with Crippen LogP contribution in [0.5, 0.6) is 0 Å². The van der Waals surface area contributed by atoms with Crippen LogP contribution < -0.4 is 0 Å². The summed E-state index contributed by atoms with van der Waals surface area (Å²) in [4.78, 5) is 0. The van der Waals surface area contributed by atoms with Crippen molar-refractivity contribution in [2.45, 2.75) is 0 Å². The van der Waals surface area contributed by atoms with Gasteiger partial charge in [0.25, 0.3) is 0 Å². The molecule has 0 unspecified atom stereocenters. The van der Waals surface area contributed by atoms with Crippen molar-refractivity contribution in [1.82, 2.24) is 0 Å². The molecule has 0 atom stereocenters. The molecule has 0 amide bonds. The smallest absolute Gasteiger partial charge is 0 e. The van der Waals surface area contributed by atoms with Gasteiger partial charge in [0.15, 0.2) is 0 Å². The summed E-state index contributed by atoms with van der Waals surface area (Å²) >= 11 is 0. The first kappa shape index (κ1) is 12.7. The van der Waals surface area contributed by atoms with E-state index in [-0.39, 0.29) is 35.9 Å². The predicted octanol–water partition coefficient (Wildman–Crippen LogP) is 1.95. The number of hydrogen-bond acceptors (Lipinski definition) is 0. The van der Waals surface area contributed by atoms with Gasteiger partial charge in [0.05, 0.1) is 0 Å². The molecule has 1 aromatic rings. The zero-order chi connectivity index (χ0) is 5.82. The molecule has 0 aliphatic heterocycles. The largest absolute Gasteiger partial charge is 0.0985 e. The van der Waals surface area contributed by atoms with Gasteiger partial charge in [-0.2, -0.15) is 0 Å². The van der Waals surface area contributed by atoms with Crippen LogP contribution in [0.2, 0.25) is 0 Å². The summed E-state index contributed by atoms with van der Waals surface area (Å²) < 4.78 is 0. The summed E-state index contributed by atoms with van der Waals surface area (Å²) in [5, 5.41) is 0. The molecule has 1 rings (SSSR count). The van der Waals surface area contributed by atoms with E-state index >= 15 is 0 Å². The minimum atomic E-state index is 0. The monoisotopic (exact) mass is 166 g/mol. The molecule has 2 radical (unpaired) electrons. The maximum atomic E-state index is 3.63. The molecule has 2 heteroatoms. The number of hydrogen-bond donors (Lipinski definition) is 0. The minimum absolute atomic E-state index is 0. The van der Waals surface area contributed by atoms with Gasteiger partial charge in [-0.1, -0.05) is 43.0 Å². The van der Waals surface area contributed by atoms with Gasteiger partial charge in [0.2, 0.25) is 0 Å². The number of benzene rings is 1. The topological polar surface area (TPSA) is 0 Å². The molecule has 0 fully saturated rings. The maximum absolute atomic E-state index is 3.63. The van der Waals surface area contributed by atoms with Gasteiger partial charge in [-0.3, -0.25) is 0 Å². The van der Waals surface area contributed by atoms with Crippen LogP contribution in [0.3, 0.4) is 0 Å². The molecule has 0 saturated carbocycles. The van der Waals surface area contributed by atoms with Crippen molar-refractivity contribution in [2.75, 3.05) is 0 Å². The maximum Gasteiger partial charge on any atom is 0 e. The zero-order valence-electron chi connectivity index (χ0n) is 6.05. The quantitative estimate of drug-likeness (QED) is 0.559. The Balaban J connectivity index is 0. The van der Waals surface area contributed by atoms with E-state index in [9.17, 15) is 0 Å². The van der Waals surface area contributed by atoms with Gasteiger partial charge in [0.1, 0.15) is 0 Å². The van der Waals surface area contributed by atoms with Gasteiger partial charge < -0.3 is 0 Å². The van der Waals surface area contributed by atoms with Crippen molar-refractivity contribution in [3.05, 3.63) is 42.5 Å². The van der Waals surface area contributed by atoms with Crippen LogP contribution in [0, 0.1) is 0 Å². The summed E-state index contributed by atoms with van der Waals surface area (Å²) in [5.74, 6) is 0. The molecule has 0 spiro atoms. The summed E-state index contributed by atoms with van der Waals surface area (Å²) in [5.41, 5.74) is 1.17. The number of rotatable bonds is 1. The van der Waals surface area contributed by atoms with E-state index in [1.54, 1.807) is 0 Å². The molecule has 0 bridgehead atoms. The normalized spacial score (nSPS) is 6.80. The van der Waals surface area contributed by atoms with E-state index in [0.717, 1.165) is 0 Å². The van der Waals surface area contributed by atoms with Crippen LogP contribution in [-0.2, 0) is 17.1 Å². The molecular weight excluding hydrogens is 158 g/mol. The Hall–Kier alpha value is 0.0769. The van der Waals surface area contributed by atoms with Crippen molar-refractivity contribution in [2.24, 2.45) is 0 Å². The average molecular weight is 166 g/mol.